The van der Waals surface area contributed by atoms with Crippen LogP contribution in [0.5, 0.6) is 0 Å². The van der Waals surface area contributed by atoms with Crippen molar-refractivity contribution >= 4 is 17.0 Å². The van der Waals surface area contributed by atoms with Crippen LogP contribution in [-0.4, -0.2) is 9.91 Å². The number of rotatable bonds is 2. The maximum Gasteiger partial charge on any atom is 0.272 e. The largest absolute Gasteiger partial charge is 0.272 e. The molecule has 0 aliphatic rings. The molecular formula is C14H16N2O2S. The molecule has 19 heavy (non-hydrogen) atoms. The van der Waals surface area contributed by atoms with Gasteiger partial charge in [0.1, 0.15) is 0 Å². The highest BCUT2D eigenvalue weighted by molar-refractivity contribution is 7.10. The number of thiazole rings is 1. The number of aromatic nitrogens is 1. The van der Waals surface area contributed by atoms with Crippen molar-refractivity contribution in [2.45, 2.75) is 33.1 Å². The molecule has 0 saturated carbocycles. The molecule has 0 radical (unpaired) electrons. The van der Waals surface area contributed by atoms with Gasteiger partial charge in [0.2, 0.25) is 0 Å². The molecule has 0 amide bonds. The van der Waals surface area contributed by atoms with E-state index in [1.54, 1.807) is 30.4 Å². The Morgan fingerprint density at radius 2 is 2.00 bits per heavy atom. The normalized spacial score (nSPS) is 11.6. The van der Waals surface area contributed by atoms with Gasteiger partial charge in [0.05, 0.1) is 15.6 Å². The first-order valence-corrected chi connectivity index (χ1v) is 6.88. The van der Waals surface area contributed by atoms with E-state index in [0.29, 0.717) is 5.56 Å². The second-order valence-corrected chi connectivity index (χ2v) is 6.40. The molecule has 0 unspecified atom stereocenters. The van der Waals surface area contributed by atoms with Crippen molar-refractivity contribution in [2.75, 3.05) is 0 Å². The zero-order valence-corrected chi connectivity index (χ0v) is 12.2. The minimum absolute atomic E-state index is 0.000449. The standard InChI is InChI=1S/C14H16N2O2S/c1-9-5-6-10(7-12(9)16(17)18)11-8-19-13(15-11)14(2,3)4/h5-8H,1-4H3. The van der Waals surface area contributed by atoms with E-state index in [0.717, 1.165) is 16.3 Å². The van der Waals surface area contributed by atoms with Crippen LogP contribution in [0.25, 0.3) is 11.3 Å². The Bertz CT molecular complexity index is 627. The zero-order chi connectivity index (χ0) is 14.2. The predicted octanol–water partition coefficient (Wildman–Crippen LogP) is 4.32. The topological polar surface area (TPSA) is 56.0 Å². The van der Waals surface area contributed by atoms with Crippen molar-refractivity contribution < 1.29 is 4.92 Å². The summed E-state index contributed by atoms with van der Waals surface area (Å²) < 4.78 is 0. The molecule has 1 aromatic heterocycles. The van der Waals surface area contributed by atoms with E-state index >= 15 is 0 Å². The molecule has 0 aliphatic heterocycles. The molecule has 0 saturated heterocycles. The van der Waals surface area contributed by atoms with E-state index < -0.39 is 0 Å². The molecule has 1 heterocycles. The summed E-state index contributed by atoms with van der Waals surface area (Å²) in [5.41, 5.74) is 2.41. The minimum Gasteiger partial charge on any atom is -0.258 e. The van der Waals surface area contributed by atoms with E-state index in [9.17, 15) is 10.1 Å². The lowest BCUT2D eigenvalue weighted by molar-refractivity contribution is -0.385. The summed E-state index contributed by atoms with van der Waals surface area (Å²) in [6.07, 6.45) is 0. The van der Waals surface area contributed by atoms with E-state index in [4.69, 9.17) is 0 Å². The molecule has 0 spiro atoms. The van der Waals surface area contributed by atoms with Gasteiger partial charge in [0.15, 0.2) is 0 Å². The van der Waals surface area contributed by atoms with Gasteiger partial charge in [0.25, 0.3) is 5.69 Å². The van der Waals surface area contributed by atoms with Gasteiger partial charge in [-0.15, -0.1) is 11.3 Å². The minimum atomic E-state index is -0.351. The molecule has 1 aromatic carbocycles. The fraction of sp³-hybridized carbons (Fsp3) is 0.357. The maximum atomic E-state index is 11.0. The number of benzene rings is 1. The summed E-state index contributed by atoms with van der Waals surface area (Å²) in [6.45, 7) is 8.05. The summed E-state index contributed by atoms with van der Waals surface area (Å²) >= 11 is 1.59. The fourth-order valence-electron chi connectivity index (χ4n) is 1.72. The zero-order valence-electron chi connectivity index (χ0n) is 11.4. The Balaban J connectivity index is 2.45. The number of nitro groups is 1. The molecule has 0 atom stereocenters. The van der Waals surface area contributed by atoms with Gasteiger partial charge in [-0.3, -0.25) is 10.1 Å². The molecule has 2 aromatic rings. The molecule has 0 fully saturated rings. The highest BCUT2D eigenvalue weighted by Gasteiger charge is 2.19. The number of aryl methyl sites for hydroxylation is 1. The molecule has 5 heteroatoms. The molecular weight excluding hydrogens is 260 g/mol. The van der Waals surface area contributed by atoms with Crippen LogP contribution in [0.1, 0.15) is 31.3 Å². The Hall–Kier alpha value is -1.75. The van der Waals surface area contributed by atoms with Crippen molar-refractivity contribution in [3.63, 3.8) is 0 Å². The van der Waals surface area contributed by atoms with Crippen LogP contribution < -0.4 is 0 Å². The van der Waals surface area contributed by atoms with Crippen LogP contribution in [0.4, 0.5) is 5.69 Å². The average molecular weight is 276 g/mol. The van der Waals surface area contributed by atoms with E-state index in [-0.39, 0.29) is 16.0 Å². The van der Waals surface area contributed by atoms with Crippen molar-refractivity contribution in [2.24, 2.45) is 0 Å². The Kier molecular flexibility index (Phi) is 3.41. The average Bonchev–Trinajstić information content (AvgIpc) is 2.78. The van der Waals surface area contributed by atoms with Gasteiger partial charge >= 0.3 is 0 Å². The van der Waals surface area contributed by atoms with E-state index in [2.05, 4.69) is 25.8 Å². The smallest absolute Gasteiger partial charge is 0.258 e. The van der Waals surface area contributed by atoms with Crippen LogP contribution in [0, 0.1) is 17.0 Å². The number of nitro benzene ring substituents is 1. The number of nitrogens with zero attached hydrogens (tertiary/aromatic N) is 2. The van der Waals surface area contributed by atoms with E-state index in [1.165, 1.54) is 0 Å². The summed E-state index contributed by atoms with van der Waals surface area (Å²) in [7, 11) is 0. The lowest BCUT2D eigenvalue weighted by Crippen LogP contribution is -2.10. The first kappa shape index (κ1) is 13.7. The molecule has 0 N–H and O–H groups in total. The molecule has 100 valence electrons. The second kappa shape index (κ2) is 4.74. The predicted molar refractivity (Wildman–Crippen MR) is 77.6 cm³/mol. The highest BCUT2D eigenvalue weighted by atomic mass is 32.1. The third-order valence-corrected chi connectivity index (χ3v) is 4.12. The Labute approximate surface area is 116 Å². The Morgan fingerprint density at radius 1 is 1.32 bits per heavy atom. The number of hydrogen-bond donors (Lipinski definition) is 0. The van der Waals surface area contributed by atoms with Gasteiger partial charge in [-0.25, -0.2) is 4.98 Å². The summed E-state index contributed by atoms with van der Waals surface area (Å²) in [5.74, 6) is 0. The van der Waals surface area contributed by atoms with Crippen molar-refractivity contribution in [1.29, 1.82) is 0 Å². The van der Waals surface area contributed by atoms with Gasteiger partial charge < -0.3 is 0 Å². The van der Waals surface area contributed by atoms with Gasteiger partial charge in [-0.05, 0) is 6.92 Å². The van der Waals surface area contributed by atoms with Crippen LogP contribution in [-0.2, 0) is 5.41 Å². The first-order chi connectivity index (χ1) is 8.79. The summed E-state index contributed by atoms with van der Waals surface area (Å²) in [5, 5.41) is 13.9. The van der Waals surface area contributed by atoms with Crippen LogP contribution in [0.15, 0.2) is 23.6 Å². The van der Waals surface area contributed by atoms with Crippen molar-refractivity contribution in [1.82, 2.24) is 4.98 Å². The Morgan fingerprint density at radius 3 is 2.53 bits per heavy atom. The third-order valence-electron chi connectivity index (χ3n) is 2.85. The number of hydrogen-bond acceptors (Lipinski definition) is 4. The van der Waals surface area contributed by atoms with Crippen LogP contribution in [0.3, 0.4) is 0 Å². The lowest BCUT2D eigenvalue weighted by Gasteiger charge is -2.13. The van der Waals surface area contributed by atoms with Crippen molar-refractivity contribution in [3.05, 3.63) is 44.3 Å². The van der Waals surface area contributed by atoms with Gasteiger partial charge in [0, 0.05) is 28.0 Å². The van der Waals surface area contributed by atoms with Gasteiger partial charge in [-0.1, -0.05) is 32.9 Å². The molecule has 0 aliphatic carbocycles. The highest BCUT2D eigenvalue weighted by Crippen LogP contribution is 2.31. The quantitative estimate of drug-likeness (QED) is 0.606. The fourth-order valence-corrected chi connectivity index (χ4v) is 2.63. The molecule has 4 nitrogen and oxygen atoms in total. The monoisotopic (exact) mass is 276 g/mol. The second-order valence-electron chi connectivity index (χ2n) is 5.55. The van der Waals surface area contributed by atoms with Crippen molar-refractivity contribution in [3.8, 4) is 11.3 Å². The first-order valence-electron chi connectivity index (χ1n) is 6.00. The maximum absolute atomic E-state index is 11.0. The molecule has 0 bridgehead atoms. The van der Waals surface area contributed by atoms with Crippen LogP contribution >= 0.6 is 11.3 Å². The lowest BCUT2D eigenvalue weighted by atomic mass is 9.98. The SMILES string of the molecule is Cc1ccc(-c2csc(C(C)(C)C)n2)cc1[N+](=O)[O-]. The van der Waals surface area contributed by atoms with Gasteiger partial charge in [-0.2, -0.15) is 0 Å². The molecule has 2 rings (SSSR count). The van der Waals surface area contributed by atoms with E-state index in [1.807, 2.05) is 11.4 Å². The third kappa shape index (κ3) is 2.81. The van der Waals surface area contributed by atoms with Crippen LogP contribution in [0.2, 0.25) is 0 Å². The summed E-state index contributed by atoms with van der Waals surface area (Å²) in [6, 6.07) is 5.24. The summed E-state index contributed by atoms with van der Waals surface area (Å²) in [4.78, 5) is 15.2.